The zero-order valence-corrected chi connectivity index (χ0v) is 14.8. The van der Waals surface area contributed by atoms with Crippen LogP contribution >= 0.6 is 0 Å². The van der Waals surface area contributed by atoms with Crippen molar-refractivity contribution in [2.75, 3.05) is 20.2 Å². The molecule has 0 aromatic heterocycles. The fourth-order valence-corrected chi connectivity index (χ4v) is 3.87. The summed E-state index contributed by atoms with van der Waals surface area (Å²) in [5.74, 6) is 1.25. The van der Waals surface area contributed by atoms with Gasteiger partial charge in [-0.05, 0) is 18.2 Å². The minimum absolute atomic E-state index is 0.122. The minimum atomic E-state index is -0.456. The molecule has 2 aliphatic rings. The predicted molar refractivity (Wildman–Crippen MR) is 96.2 cm³/mol. The highest BCUT2D eigenvalue weighted by molar-refractivity contribution is 6.00. The number of ether oxygens (including phenoxy) is 2. The number of fused-ring (bicyclic) bond motifs is 1. The fraction of sp³-hybridized carbons (Fsp3) is 0.381. The molecule has 1 fully saturated rings. The summed E-state index contributed by atoms with van der Waals surface area (Å²) in [6, 6.07) is 12.2. The van der Waals surface area contributed by atoms with Gasteiger partial charge >= 0.3 is 0 Å². The highest BCUT2D eigenvalue weighted by atomic mass is 19.1. The van der Waals surface area contributed by atoms with Crippen molar-refractivity contribution in [3.05, 3.63) is 59.4 Å². The second kappa shape index (κ2) is 6.72. The van der Waals surface area contributed by atoms with Crippen LogP contribution in [-0.4, -0.2) is 36.5 Å². The van der Waals surface area contributed by atoms with Gasteiger partial charge in [-0.1, -0.05) is 18.2 Å². The second-order valence-corrected chi connectivity index (χ2v) is 7.11. The molecular weight excluding hydrogens is 333 g/mol. The van der Waals surface area contributed by atoms with Crippen LogP contribution in [0.5, 0.6) is 11.5 Å². The highest BCUT2D eigenvalue weighted by Crippen LogP contribution is 2.40. The Morgan fingerprint density at radius 1 is 1.19 bits per heavy atom. The number of hydrogen-bond acceptors (Lipinski definition) is 4. The molecule has 0 N–H and O–H groups in total. The van der Waals surface area contributed by atoms with E-state index in [9.17, 15) is 9.18 Å². The Labute approximate surface area is 152 Å². The number of hydrogen-bond donors (Lipinski definition) is 0. The van der Waals surface area contributed by atoms with Crippen molar-refractivity contribution in [1.82, 2.24) is 4.90 Å². The van der Waals surface area contributed by atoms with Crippen LogP contribution in [0.4, 0.5) is 4.39 Å². The number of methoxy groups -OCH3 is 1. The molecule has 136 valence electrons. The van der Waals surface area contributed by atoms with Gasteiger partial charge in [0.15, 0.2) is 5.78 Å². The molecule has 0 radical (unpaired) electrons. The Bertz CT molecular complexity index is 828. The normalized spacial score (nSPS) is 19.1. The van der Waals surface area contributed by atoms with E-state index in [0.29, 0.717) is 35.6 Å². The molecule has 2 aliphatic heterocycles. The van der Waals surface area contributed by atoms with Crippen LogP contribution in [0.2, 0.25) is 0 Å². The van der Waals surface area contributed by atoms with Crippen molar-refractivity contribution in [3.8, 4) is 11.5 Å². The summed E-state index contributed by atoms with van der Waals surface area (Å²) in [4.78, 5) is 14.8. The number of rotatable bonds is 3. The molecule has 0 saturated carbocycles. The van der Waals surface area contributed by atoms with Gasteiger partial charge in [-0.2, -0.15) is 0 Å². The molecule has 2 heterocycles. The largest absolute Gasteiger partial charge is 0.497 e. The highest BCUT2D eigenvalue weighted by Gasteiger charge is 2.43. The SMILES string of the molecule is COc1ccc2c(c1)OC1(CCN(Cc3ccccc3F)CC1)CC2=O. The number of ketones is 1. The predicted octanol–water partition coefficient (Wildman–Crippen LogP) is 3.83. The summed E-state index contributed by atoms with van der Waals surface area (Å²) in [5.41, 5.74) is 0.881. The maximum absolute atomic E-state index is 13.9. The number of benzene rings is 2. The van der Waals surface area contributed by atoms with Crippen LogP contribution in [-0.2, 0) is 6.54 Å². The van der Waals surface area contributed by atoms with Crippen LogP contribution in [0.3, 0.4) is 0 Å². The minimum Gasteiger partial charge on any atom is -0.497 e. The molecule has 0 amide bonds. The Morgan fingerprint density at radius 3 is 2.69 bits per heavy atom. The lowest BCUT2D eigenvalue weighted by atomic mass is 9.82. The number of nitrogens with zero attached hydrogens (tertiary/aromatic N) is 1. The van der Waals surface area contributed by atoms with Gasteiger partial charge in [-0.25, -0.2) is 4.39 Å². The molecule has 4 rings (SSSR count). The van der Waals surface area contributed by atoms with Gasteiger partial charge < -0.3 is 9.47 Å². The van der Waals surface area contributed by atoms with Crippen LogP contribution in [0.1, 0.15) is 35.2 Å². The maximum Gasteiger partial charge on any atom is 0.170 e. The van der Waals surface area contributed by atoms with Crippen molar-refractivity contribution >= 4 is 5.78 Å². The maximum atomic E-state index is 13.9. The van der Waals surface area contributed by atoms with E-state index < -0.39 is 5.60 Å². The zero-order valence-electron chi connectivity index (χ0n) is 14.8. The number of piperidine rings is 1. The first kappa shape index (κ1) is 17.0. The average Bonchev–Trinajstić information content (AvgIpc) is 2.65. The molecule has 2 aromatic rings. The first-order valence-corrected chi connectivity index (χ1v) is 8.95. The molecule has 1 spiro atoms. The van der Waals surface area contributed by atoms with Crippen molar-refractivity contribution in [1.29, 1.82) is 0 Å². The van der Waals surface area contributed by atoms with Crippen molar-refractivity contribution < 1.29 is 18.7 Å². The van der Waals surface area contributed by atoms with Gasteiger partial charge in [-0.15, -0.1) is 0 Å². The van der Waals surface area contributed by atoms with Crippen LogP contribution in [0.25, 0.3) is 0 Å². The summed E-state index contributed by atoms with van der Waals surface area (Å²) in [6.07, 6.45) is 1.91. The molecule has 0 unspecified atom stereocenters. The monoisotopic (exact) mass is 355 g/mol. The molecule has 2 aromatic carbocycles. The lowest BCUT2D eigenvalue weighted by Crippen LogP contribution is -2.50. The van der Waals surface area contributed by atoms with E-state index in [4.69, 9.17) is 9.47 Å². The summed E-state index contributed by atoms with van der Waals surface area (Å²) >= 11 is 0. The average molecular weight is 355 g/mol. The van der Waals surface area contributed by atoms with E-state index in [1.54, 1.807) is 31.4 Å². The van der Waals surface area contributed by atoms with Gasteiger partial charge in [0.25, 0.3) is 0 Å². The fourth-order valence-electron chi connectivity index (χ4n) is 3.87. The zero-order chi connectivity index (χ0) is 18.1. The summed E-state index contributed by atoms with van der Waals surface area (Å²) in [7, 11) is 1.60. The molecular formula is C21H22FNO3. The third-order valence-corrected chi connectivity index (χ3v) is 5.42. The summed E-state index contributed by atoms with van der Waals surface area (Å²) in [6.45, 7) is 2.14. The molecule has 0 bridgehead atoms. The number of likely N-dealkylation sites (tertiary alicyclic amines) is 1. The Balaban J connectivity index is 1.47. The topological polar surface area (TPSA) is 38.8 Å². The van der Waals surface area contributed by atoms with E-state index in [1.807, 2.05) is 12.1 Å². The number of halogens is 1. The standard InChI is InChI=1S/C21H22FNO3/c1-25-16-6-7-17-19(24)13-21(26-20(17)12-16)8-10-23(11-9-21)14-15-4-2-3-5-18(15)22/h2-7,12H,8-11,13-14H2,1H3. The van der Waals surface area contributed by atoms with Crippen molar-refractivity contribution in [2.24, 2.45) is 0 Å². The van der Waals surface area contributed by atoms with Gasteiger partial charge in [0.2, 0.25) is 0 Å². The quantitative estimate of drug-likeness (QED) is 0.839. The molecule has 5 heteroatoms. The van der Waals surface area contributed by atoms with E-state index >= 15 is 0 Å². The third-order valence-electron chi connectivity index (χ3n) is 5.42. The molecule has 0 atom stereocenters. The smallest absolute Gasteiger partial charge is 0.170 e. The van der Waals surface area contributed by atoms with Crippen molar-refractivity contribution in [2.45, 2.75) is 31.4 Å². The lowest BCUT2D eigenvalue weighted by Gasteiger charge is -2.44. The Morgan fingerprint density at radius 2 is 1.96 bits per heavy atom. The Kier molecular flexibility index (Phi) is 4.41. The molecule has 26 heavy (non-hydrogen) atoms. The number of carbonyl (C=O) groups is 1. The third kappa shape index (κ3) is 3.19. The van der Waals surface area contributed by atoms with Crippen LogP contribution in [0, 0.1) is 5.82 Å². The molecule has 4 nitrogen and oxygen atoms in total. The molecule has 1 saturated heterocycles. The molecule has 0 aliphatic carbocycles. The summed E-state index contributed by atoms with van der Waals surface area (Å²) in [5, 5.41) is 0. The van der Waals surface area contributed by atoms with Gasteiger partial charge in [-0.3, -0.25) is 9.69 Å². The van der Waals surface area contributed by atoms with E-state index in [1.165, 1.54) is 6.07 Å². The van der Waals surface area contributed by atoms with Crippen molar-refractivity contribution in [3.63, 3.8) is 0 Å². The summed E-state index contributed by atoms with van der Waals surface area (Å²) < 4.78 is 25.4. The number of Topliss-reactive ketones (excluding diaryl/α,β-unsaturated/α-hetero) is 1. The van der Waals surface area contributed by atoms with Gasteiger partial charge in [0.1, 0.15) is 22.9 Å². The second-order valence-electron chi connectivity index (χ2n) is 7.11. The Hall–Kier alpha value is -2.40. The lowest BCUT2D eigenvalue weighted by molar-refractivity contribution is -0.0110. The number of carbonyl (C=O) groups excluding carboxylic acids is 1. The first-order chi connectivity index (χ1) is 12.6. The van der Waals surface area contributed by atoms with Crippen LogP contribution in [0.15, 0.2) is 42.5 Å². The van der Waals surface area contributed by atoms with E-state index in [0.717, 1.165) is 25.9 Å². The van der Waals surface area contributed by atoms with Crippen LogP contribution < -0.4 is 9.47 Å². The van der Waals surface area contributed by atoms with Gasteiger partial charge in [0.05, 0.1) is 19.1 Å². The van der Waals surface area contributed by atoms with E-state index in [2.05, 4.69) is 4.90 Å². The van der Waals surface area contributed by atoms with Gasteiger partial charge in [0, 0.05) is 44.1 Å². The van der Waals surface area contributed by atoms with E-state index in [-0.39, 0.29) is 11.6 Å². The first-order valence-electron chi connectivity index (χ1n) is 8.95.